The summed E-state index contributed by atoms with van der Waals surface area (Å²) in [5.41, 5.74) is 3.10. The predicted molar refractivity (Wildman–Crippen MR) is 81.9 cm³/mol. The SMILES string of the molecule is CCN(CC)C(=O)C(=O)N/N=C/c1ccc(SC)cc1. The lowest BCUT2D eigenvalue weighted by molar-refractivity contribution is -0.145. The van der Waals surface area contributed by atoms with Crippen LogP contribution in [0.15, 0.2) is 34.3 Å². The summed E-state index contributed by atoms with van der Waals surface area (Å²) in [4.78, 5) is 25.8. The van der Waals surface area contributed by atoms with Crippen LogP contribution in [-0.2, 0) is 9.59 Å². The molecule has 1 aromatic rings. The first-order valence-electron chi connectivity index (χ1n) is 6.38. The second-order valence-corrected chi connectivity index (χ2v) is 4.83. The number of likely N-dealkylation sites (N-methyl/N-ethyl adjacent to an activating group) is 1. The maximum Gasteiger partial charge on any atom is 0.329 e. The van der Waals surface area contributed by atoms with E-state index in [4.69, 9.17) is 0 Å². The van der Waals surface area contributed by atoms with Crippen LogP contribution < -0.4 is 5.43 Å². The summed E-state index contributed by atoms with van der Waals surface area (Å²) in [7, 11) is 0. The van der Waals surface area contributed by atoms with Crippen molar-refractivity contribution in [3.8, 4) is 0 Å². The van der Waals surface area contributed by atoms with E-state index in [1.165, 1.54) is 11.1 Å². The van der Waals surface area contributed by atoms with Crippen LogP contribution in [0.1, 0.15) is 19.4 Å². The normalized spacial score (nSPS) is 10.6. The van der Waals surface area contributed by atoms with Crippen LogP contribution in [0.25, 0.3) is 0 Å². The average Bonchev–Trinajstić information content (AvgIpc) is 2.49. The lowest BCUT2D eigenvalue weighted by Crippen LogP contribution is -2.41. The molecule has 0 radical (unpaired) electrons. The van der Waals surface area contributed by atoms with E-state index in [9.17, 15) is 9.59 Å². The number of hydrazone groups is 1. The van der Waals surface area contributed by atoms with E-state index in [0.29, 0.717) is 13.1 Å². The first kappa shape index (κ1) is 16.2. The first-order chi connectivity index (χ1) is 9.62. The quantitative estimate of drug-likeness (QED) is 0.389. The molecule has 6 heteroatoms. The van der Waals surface area contributed by atoms with E-state index in [0.717, 1.165) is 10.5 Å². The number of hydrogen-bond donors (Lipinski definition) is 1. The van der Waals surface area contributed by atoms with Gasteiger partial charge in [0.25, 0.3) is 0 Å². The third kappa shape index (κ3) is 4.70. The monoisotopic (exact) mass is 293 g/mol. The lowest BCUT2D eigenvalue weighted by atomic mass is 10.2. The highest BCUT2D eigenvalue weighted by Gasteiger charge is 2.18. The summed E-state index contributed by atoms with van der Waals surface area (Å²) in [6.07, 6.45) is 3.51. The molecule has 1 N–H and O–H groups in total. The van der Waals surface area contributed by atoms with Gasteiger partial charge < -0.3 is 4.90 Å². The van der Waals surface area contributed by atoms with Gasteiger partial charge in [-0.2, -0.15) is 5.10 Å². The predicted octanol–water partition coefficient (Wildman–Crippen LogP) is 1.73. The fourth-order valence-corrected chi connectivity index (χ4v) is 1.97. The number of carbonyl (C=O) groups is 2. The zero-order valence-corrected chi connectivity index (χ0v) is 12.7. The Balaban J connectivity index is 2.55. The Morgan fingerprint density at radius 3 is 2.35 bits per heavy atom. The number of rotatable bonds is 5. The van der Waals surface area contributed by atoms with Crippen LogP contribution in [0.3, 0.4) is 0 Å². The van der Waals surface area contributed by atoms with Crippen LogP contribution in [-0.4, -0.2) is 42.3 Å². The summed E-state index contributed by atoms with van der Waals surface area (Å²) < 4.78 is 0. The Hall–Kier alpha value is -1.82. The standard InChI is InChI=1S/C14H19N3O2S/c1-4-17(5-2)14(19)13(18)16-15-10-11-6-8-12(20-3)9-7-11/h6-10H,4-5H2,1-3H3,(H,16,18)/b15-10+. The molecule has 1 aromatic carbocycles. The number of carbonyl (C=O) groups excluding carboxylic acids is 2. The molecule has 0 aromatic heterocycles. The molecule has 0 saturated carbocycles. The molecule has 0 unspecified atom stereocenters. The number of amides is 2. The lowest BCUT2D eigenvalue weighted by Gasteiger charge is -2.16. The van der Waals surface area contributed by atoms with Crippen molar-refractivity contribution in [1.82, 2.24) is 10.3 Å². The number of hydrogen-bond acceptors (Lipinski definition) is 4. The van der Waals surface area contributed by atoms with Gasteiger partial charge in [0.05, 0.1) is 6.21 Å². The van der Waals surface area contributed by atoms with Crippen LogP contribution in [0.2, 0.25) is 0 Å². The molecule has 0 spiro atoms. The van der Waals surface area contributed by atoms with E-state index >= 15 is 0 Å². The largest absolute Gasteiger partial charge is 0.335 e. The summed E-state index contributed by atoms with van der Waals surface area (Å²) in [5.74, 6) is -1.28. The van der Waals surface area contributed by atoms with Gasteiger partial charge in [-0.25, -0.2) is 5.43 Å². The van der Waals surface area contributed by atoms with Gasteiger partial charge in [-0.3, -0.25) is 9.59 Å². The van der Waals surface area contributed by atoms with Gasteiger partial charge in [0.2, 0.25) is 0 Å². The molecule has 1 rings (SSSR count). The maximum atomic E-state index is 11.7. The molecule has 0 heterocycles. The van der Waals surface area contributed by atoms with Gasteiger partial charge in [-0.05, 0) is 37.8 Å². The number of thioether (sulfide) groups is 1. The third-order valence-electron chi connectivity index (χ3n) is 2.74. The van der Waals surface area contributed by atoms with Crippen molar-refractivity contribution in [3.63, 3.8) is 0 Å². The van der Waals surface area contributed by atoms with Gasteiger partial charge in [0, 0.05) is 18.0 Å². The van der Waals surface area contributed by atoms with Crippen LogP contribution >= 0.6 is 11.8 Å². The molecule has 0 aliphatic rings. The summed E-state index contributed by atoms with van der Waals surface area (Å²) in [6, 6.07) is 7.73. The summed E-state index contributed by atoms with van der Waals surface area (Å²) >= 11 is 1.65. The molecular weight excluding hydrogens is 274 g/mol. The van der Waals surface area contributed by atoms with Crippen LogP contribution in [0.4, 0.5) is 0 Å². The highest BCUT2D eigenvalue weighted by Crippen LogP contribution is 2.13. The summed E-state index contributed by atoms with van der Waals surface area (Å²) in [5, 5.41) is 3.79. The maximum absolute atomic E-state index is 11.7. The van der Waals surface area contributed by atoms with Crippen molar-refractivity contribution in [2.24, 2.45) is 5.10 Å². The van der Waals surface area contributed by atoms with Crippen molar-refractivity contribution < 1.29 is 9.59 Å². The Bertz CT molecular complexity index is 482. The van der Waals surface area contributed by atoms with Crippen molar-refractivity contribution in [1.29, 1.82) is 0 Å². The van der Waals surface area contributed by atoms with E-state index in [1.807, 2.05) is 44.4 Å². The van der Waals surface area contributed by atoms with Gasteiger partial charge in [-0.15, -0.1) is 11.8 Å². The number of benzene rings is 1. The molecule has 0 saturated heterocycles. The Morgan fingerprint density at radius 2 is 1.85 bits per heavy atom. The molecule has 0 fully saturated rings. The minimum absolute atomic E-state index is 0.503. The number of nitrogens with zero attached hydrogens (tertiary/aromatic N) is 2. The molecule has 5 nitrogen and oxygen atoms in total. The Kier molecular flexibility index (Phi) is 6.79. The molecule has 0 aliphatic carbocycles. The first-order valence-corrected chi connectivity index (χ1v) is 7.61. The van der Waals surface area contributed by atoms with Crippen LogP contribution in [0.5, 0.6) is 0 Å². The molecule has 2 amide bonds. The number of nitrogens with one attached hydrogen (secondary N) is 1. The molecule has 0 aliphatic heterocycles. The molecule has 20 heavy (non-hydrogen) atoms. The smallest absolute Gasteiger partial charge is 0.329 e. The highest BCUT2D eigenvalue weighted by molar-refractivity contribution is 7.98. The van der Waals surface area contributed by atoms with Crippen molar-refractivity contribution >= 4 is 29.8 Å². The zero-order valence-electron chi connectivity index (χ0n) is 11.9. The van der Waals surface area contributed by atoms with Gasteiger partial charge in [0.1, 0.15) is 0 Å². The van der Waals surface area contributed by atoms with E-state index in [1.54, 1.807) is 11.8 Å². The molecule has 0 bridgehead atoms. The fourth-order valence-electron chi connectivity index (χ4n) is 1.56. The van der Waals surface area contributed by atoms with E-state index in [-0.39, 0.29) is 0 Å². The van der Waals surface area contributed by atoms with Crippen molar-refractivity contribution in [2.75, 3.05) is 19.3 Å². The van der Waals surface area contributed by atoms with E-state index in [2.05, 4.69) is 10.5 Å². The van der Waals surface area contributed by atoms with Crippen LogP contribution in [0, 0.1) is 0 Å². The molecule has 108 valence electrons. The fraction of sp³-hybridized carbons (Fsp3) is 0.357. The average molecular weight is 293 g/mol. The zero-order chi connectivity index (χ0) is 15.0. The van der Waals surface area contributed by atoms with Gasteiger partial charge >= 0.3 is 11.8 Å². The highest BCUT2D eigenvalue weighted by atomic mass is 32.2. The molecule has 0 atom stereocenters. The van der Waals surface area contributed by atoms with Crippen molar-refractivity contribution in [3.05, 3.63) is 29.8 Å². The van der Waals surface area contributed by atoms with Gasteiger partial charge in [0.15, 0.2) is 0 Å². The van der Waals surface area contributed by atoms with Crippen molar-refractivity contribution in [2.45, 2.75) is 18.7 Å². The summed E-state index contributed by atoms with van der Waals surface area (Å²) in [6.45, 7) is 4.65. The molecular formula is C14H19N3O2S. The minimum atomic E-state index is -0.717. The second kappa shape index (κ2) is 8.37. The minimum Gasteiger partial charge on any atom is -0.335 e. The third-order valence-corrected chi connectivity index (χ3v) is 3.48. The Morgan fingerprint density at radius 1 is 1.25 bits per heavy atom. The second-order valence-electron chi connectivity index (χ2n) is 3.95. The topological polar surface area (TPSA) is 61.8 Å². The Labute approximate surface area is 123 Å². The van der Waals surface area contributed by atoms with E-state index < -0.39 is 11.8 Å². The van der Waals surface area contributed by atoms with Gasteiger partial charge in [-0.1, -0.05) is 12.1 Å².